The van der Waals surface area contributed by atoms with Crippen LogP contribution >= 0.6 is 0 Å². The zero-order valence-electron chi connectivity index (χ0n) is 9.76. The molecule has 0 saturated heterocycles. The number of carbonyl (C=O) groups is 1. The van der Waals surface area contributed by atoms with E-state index in [0.717, 1.165) is 0 Å². The largest absolute Gasteiger partial charge is 0.469 e. The average Bonchev–Trinajstić information content (AvgIpc) is 2.08. The summed E-state index contributed by atoms with van der Waals surface area (Å²) < 4.78 is 33.7. The number of rotatable bonds is 1. The molecule has 96 valence electrons. The van der Waals surface area contributed by atoms with Crippen LogP contribution in [0, 0.1) is 5.41 Å². The fourth-order valence-corrected chi connectivity index (χ4v) is 4.77. The highest BCUT2D eigenvalue weighted by molar-refractivity contribution is 5.78. The van der Waals surface area contributed by atoms with Gasteiger partial charge in [0.05, 0.1) is 18.1 Å². The van der Waals surface area contributed by atoms with Crippen LogP contribution in [-0.2, 0) is 9.53 Å². The molecule has 17 heavy (non-hydrogen) atoms. The first kappa shape index (κ1) is 11.4. The number of ether oxygens (including phenoxy) is 1. The molecule has 1 N–H and O–H groups in total. The van der Waals surface area contributed by atoms with E-state index in [1.54, 1.807) is 0 Å². The Balaban J connectivity index is 2.07. The van der Waals surface area contributed by atoms with Crippen LogP contribution in [0.1, 0.15) is 38.5 Å². The molecule has 0 radical (unpaired) electrons. The fourth-order valence-electron chi connectivity index (χ4n) is 4.77. The first-order valence-corrected chi connectivity index (χ1v) is 5.91. The molecule has 2 atom stereocenters. The second kappa shape index (κ2) is 2.82. The van der Waals surface area contributed by atoms with Gasteiger partial charge >= 0.3 is 5.97 Å². The maximum Gasteiger partial charge on any atom is 0.312 e. The van der Waals surface area contributed by atoms with E-state index in [0.29, 0.717) is 0 Å². The van der Waals surface area contributed by atoms with Crippen molar-refractivity contribution in [1.82, 2.24) is 0 Å². The van der Waals surface area contributed by atoms with E-state index in [9.17, 15) is 18.7 Å². The lowest BCUT2D eigenvalue weighted by molar-refractivity contribution is -0.245. The third kappa shape index (κ3) is 1.44. The maximum absolute atomic E-state index is 14.5. The summed E-state index contributed by atoms with van der Waals surface area (Å²) in [6.07, 6.45) is -0.193. The molecule has 0 amide bonds. The van der Waals surface area contributed by atoms with Crippen molar-refractivity contribution >= 4 is 5.97 Å². The van der Waals surface area contributed by atoms with Gasteiger partial charge in [0.15, 0.2) is 0 Å². The highest BCUT2D eigenvalue weighted by atomic mass is 19.2. The molecular weight excluding hydrogens is 230 g/mol. The van der Waals surface area contributed by atoms with Gasteiger partial charge in [0.1, 0.15) is 11.3 Å². The van der Waals surface area contributed by atoms with E-state index < -0.39 is 28.3 Å². The highest BCUT2D eigenvalue weighted by Gasteiger charge is 2.72. The zero-order valence-corrected chi connectivity index (χ0v) is 9.76. The third-order valence-electron chi connectivity index (χ3n) is 4.52. The van der Waals surface area contributed by atoms with Crippen molar-refractivity contribution in [3.63, 3.8) is 0 Å². The summed E-state index contributed by atoms with van der Waals surface area (Å²) in [6, 6.07) is 0. The van der Waals surface area contributed by atoms with Gasteiger partial charge in [0, 0.05) is 19.3 Å². The van der Waals surface area contributed by atoms with Gasteiger partial charge < -0.3 is 9.84 Å². The van der Waals surface area contributed by atoms with Crippen LogP contribution in [-0.4, -0.2) is 35.1 Å². The van der Waals surface area contributed by atoms with Crippen LogP contribution in [0.15, 0.2) is 0 Å². The summed E-state index contributed by atoms with van der Waals surface area (Å²) >= 11 is 0. The van der Waals surface area contributed by atoms with Crippen LogP contribution in [0.3, 0.4) is 0 Å². The number of halogens is 2. The molecule has 0 aromatic carbocycles. The van der Waals surface area contributed by atoms with Crippen LogP contribution in [0.4, 0.5) is 8.78 Å². The Morgan fingerprint density at radius 3 is 2.00 bits per heavy atom. The molecule has 4 aliphatic carbocycles. The van der Waals surface area contributed by atoms with E-state index in [4.69, 9.17) is 0 Å². The van der Waals surface area contributed by atoms with E-state index in [1.165, 1.54) is 7.11 Å². The number of carbonyl (C=O) groups excluding carboxylic acids is 1. The van der Waals surface area contributed by atoms with Crippen molar-refractivity contribution in [2.75, 3.05) is 7.11 Å². The van der Waals surface area contributed by atoms with Crippen molar-refractivity contribution in [1.29, 1.82) is 0 Å². The predicted octanol–water partition coefficient (Wildman–Crippen LogP) is 1.67. The molecule has 0 spiro atoms. The first-order chi connectivity index (χ1) is 7.72. The Morgan fingerprint density at radius 1 is 1.06 bits per heavy atom. The number of aliphatic hydroxyl groups is 1. The number of esters is 1. The smallest absolute Gasteiger partial charge is 0.312 e. The van der Waals surface area contributed by atoms with Gasteiger partial charge in [-0.3, -0.25) is 4.79 Å². The Bertz CT molecular complexity index is 342. The van der Waals surface area contributed by atoms with Crippen LogP contribution in [0.25, 0.3) is 0 Å². The molecule has 4 aliphatic rings. The highest BCUT2D eigenvalue weighted by Crippen LogP contribution is 2.67. The lowest BCUT2D eigenvalue weighted by Gasteiger charge is -2.62. The minimum Gasteiger partial charge on any atom is -0.469 e. The lowest BCUT2D eigenvalue weighted by Crippen LogP contribution is -2.68. The summed E-state index contributed by atoms with van der Waals surface area (Å²) in [5.41, 5.74) is -6.06. The van der Waals surface area contributed by atoms with Crippen molar-refractivity contribution in [2.45, 2.75) is 55.5 Å². The van der Waals surface area contributed by atoms with Gasteiger partial charge in [-0.1, -0.05) is 0 Å². The molecule has 0 aromatic heterocycles. The Labute approximate surface area is 98.1 Å². The van der Waals surface area contributed by atoms with Gasteiger partial charge in [0.25, 0.3) is 0 Å². The Kier molecular flexibility index (Phi) is 1.89. The van der Waals surface area contributed by atoms with Crippen LogP contribution < -0.4 is 0 Å². The molecule has 4 bridgehead atoms. The number of alkyl halides is 2. The van der Waals surface area contributed by atoms with E-state index in [-0.39, 0.29) is 38.5 Å². The SMILES string of the molecule is COC(=O)C12CC3(O)CC(F)(CC(F)(C3)C1)C2. The number of hydrogen-bond donors (Lipinski definition) is 1. The first-order valence-electron chi connectivity index (χ1n) is 5.91. The maximum atomic E-state index is 14.5. The standard InChI is InChI=1S/C12H16F2O3/c1-17-8(15)9-2-10(13)5-11(14,3-9)7-12(16,4-9)6-10/h16H,2-7H2,1H3. The summed E-state index contributed by atoms with van der Waals surface area (Å²) in [4.78, 5) is 11.8. The van der Waals surface area contributed by atoms with Gasteiger partial charge in [-0.2, -0.15) is 0 Å². The average molecular weight is 246 g/mol. The topological polar surface area (TPSA) is 46.5 Å². The fraction of sp³-hybridized carbons (Fsp3) is 0.917. The van der Waals surface area contributed by atoms with Gasteiger partial charge in [-0.05, 0) is 19.3 Å². The summed E-state index contributed by atoms with van der Waals surface area (Å²) in [5.74, 6) is -0.584. The van der Waals surface area contributed by atoms with Crippen LogP contribution in [0.2, 0.25) is 0 Å². The second-order valence-corrected chi connectivity index (χ2v) is 6.36. The van der Waals surface area contributed by atoms with Gasteiger partial charge in [-0.15, -0.1) is 0 Å². The molecular formula is C12H16F2O3. The van der Waals surface area contributed by atoms with Gasteiger partial charge in [0.2, 0.25) is 0 Å². The lowest BCUT2D eigenvalue weighted by atomic mass is 9.46. The molecule has 0 aromatic rings. The molecule has 5 heteroatoms. The van der Waals surface area contributed by atoms with E-state index in [1.807, 2.05) is 0 Å². The zero-order chi connectivity index (χ0) is 12.5. The minimum atomic E-state index is -1.76. The van der Waals surface area contributed by atoms with E-state index in [2.05, 4.69) is 4.74 Å². The van der Waals surface area contributed by atoms with Crippen molar-refractivity contribution < 1.29 is 23.4 Å². The number of hydrogen-bond acceptors (Lipinski definition) is 3. The molecule has 3 nitrogen and oxygen atoms in total. The molecule has 4 saturated carbocycles. The summed E-state index contributed by atoms with van der Waals surface area (Å²) in [7, 11) is 1.22. The molecule has 4 rings (SSSR count). The van der Waals surface area contributed by atoms with Gasteiger partial charge in [-0.25, -0.2) is 8.78 Å². The Hall–Kier alpha value is -0.710. The summed E-state index contributed by atoms with van der Waals surface area (Å²) in [6.45, 7) is 0. The van der Waals surface area contributed by atoms with E-state index >= 15 is 0 Å². The monoisotopic (exact) mass is 246 g/mol. The third-order valence-corrected chi connectivity index (χ3v) is 4.52. The second-order valence-electron chi connectivity index (χ2n) is 6.36. The minimum absolute atomic E-state index is 0.0132. The Morgan fingerprint density at radius 2 is 1.59 bits per heavy atom. The van der Waals surface area contributed by atoms with Crippen molar-refractivity contribution in [2.24, 2.45) is 5.41 Å². The van der Waals surface area contributed by atoms with Crippen molar-refractivity contribution in [3.05, 3.63) is 0 Å². The molecule has 0 heterocycles. The predicted molar refractivity (Wildman–Crippen MR) is 54.8 cm³/mol. The quantitative estimate of drug-likeness (QED) is 0.716. The number of methoxy groups -OCH3 is 1. The molecule has 2 unspecified atom stereocenters. The normalized spacial score (nSPS) is 56.0. The molecule has 4 fully saturated rings. The summed E-state index contributed by atoms with van der Waals surface area (Å²) in [5, 5.41) is 10.3. The van der Waals surface area contributed by atoms with Crippen molar-refractivity contribution in [3.8, 4) is 0 Å². The molecule has 0 aliphatic heterocycles. The van der Waals surface area contributed by atoms with Crippen LogP contribution in [0.5, 0.6) is 0 Å².